The highest BCUT2D eigenvalue weighted by Crippen LogP contribution is 2.37. The number of nitrogens with one attached hydrogen (secondary N) is 1. The summed E-state index contributed by atoms with van der Waals surface area (Å²) < 4.78 is 10.8. The molecule has 0 bridgehead atoms. The van der Waals surface area contributed by atoms with Crippen LogP contribution in [0.15, 0.2) is 18.2 Å². The molecular formula is C15H22N2O3. The maximum atomic E-state index is 9.36. The number of hydrogen-bond donors (Lipinski definition) is 2. The molecule has 110 valence electrons. The smallest absolute Gasteiger partial charge is 0.231 e. The predicted octanol–water partition coefficient (Wildman–Crippen LogP) is 2.31. The second-order valence-corrected chi connectivity index (χ2v) is 5.57. The first-order valence-corrected chi connectivity index (χ1v) is 7.33. The Morgan fingerprint density at radius 1 is 1.15 bits per heavy atom. The van der Waals surface area contributed by atoms with Gasteiger partial charge in [0.15, 0.2) is 11.5 Å². The summed E-state index contributed by atoms with van der Waals surface area (Å²) >= 11 is 0. The summed E-state index contributed by atoms with van der Waals surface area (Å²) in [6.07, 6.45) is 3.74. The van der Waals surface area contributed by atoms with Crippen LogP contribution in [0, 0.1) is 0 Å². The normalized spacial score (nSPS) is 21.7. The van der Waals surface area contributed by atoms with Crippen molar-refractivity contribution in [2.75, 3.05) is 19.9 Å². The second-order valence-electron chi connectivity index (χ2n) is 5.57. The van der Waals surface area contributed by atoms with E-state index < -0.39 is 0 Å². The van der Waals surface area contributed by atoms with Gasteiger partial charge in [-0.05, 0) is 50.6 Å². The van der Waals surface area contributed by atoms with E-state index in [9.17, 15) is 5.21 Å². The number of hydroxylamine groups is 1. The fourth-order valence-electron chi connectivity index (χ4n) is 3.18. The molecule has 0 unspecified atom stereocenters. The molecule has 1 fully saturated rings. The van der Waals surface area contributed by atoms with Gasteiger partial charge >= 0.3 is 0 Å². The van der Waals surface area contributed by atoms with Gasteiger partial charge in [0.05, 0.1) is 6.04 Å². The van der Waals surface area contributed by atoms with Crippen molar-refractivity contribution in [1.29, 1.82) is 0 Å². The molecular weight excluding hydrogens is 256 g/mol. The topological polar surface area (TPSA) is 54.0 Å². The standard InChI is InChI=1S/C15H22N2O3/c1-11(16-18)15(17-7-3-2-4-8-17)12-5-6-13-14(9-12)20-10-19-13/h5-6,9,11,15-16,18H,2-4,7-8,10H2,1H3/t11-,15+/m1/s1. The molecule has 0 amide bonds. The SMILES string of the molecule is C[C@@H](NO)[C@@H](c1ccc2c(c1)OCO2)N1CCCCC1. The Labute approximate surface area is 119 Å². The number of hydrogen-bond acceptors (Lipinski definition) is 5. The van der Waals surface area contributed by atoms with Gasteiger partial charge in [-0.25, -0.2) is 5.48 Å². The molecule has 1 aromatic carbocycles. The van der Waals surface area contributed by atoms with Crippen LogP contribution in [0.3, 0.4) is 0 Å². The molecule has 5 nitrogen and oxygen atoms in total. The number of rotatable bonds is 4. The van der Waals surface area contributed by atoms with E-state index in [1.165, 1.54) is 19.3 Å². The molecule has 2 atom stereocenters. The fraction of sp³-hybridized carbons (Fsp3) is 0.600. The molecule has 0 aromatic heterocycles. The molecule has 0 saturated carbocycles. The lowest BCUT2D eigenvalue weighted by Gasteiger charge is -2.37. The second kappa shape index (κ2) is 5.99. The zero-order chi connectivity index (χ0) is 13.9. The van der Waals surface area contributed by atoms with Crippen molar-refractivity contribution in [2.45, 2.75) is 38.3 Å². The van der Waals surface area contributed by atoms with E-state index in [1.807, 2.05) is 19.1 Å². The molecule has 2 heterocycles. The van der Waals surface area contributed by atoms with Crippen LogP contribution in [0.4, 0.5) is 0 Å². The minimum Gasteiger partial charge on any atom is -0.454 e. The molecule has 0 aliphatic carbocycles. The van der Waals surface area contributed by atoms with Gasteiger partial charge in [-0.1, -0.05) is 12.5 Å². The first kappa shape index (κ1) is 13.7. The van der Waals surface area contributed by atoms with Gasteiger partial charge in [-0.2, -0.15) is 0 Å². The summed E-state index contributed by atoms with van der Waals surface area (Å²) in [4.78, 5) is 2.44. The average molecular weight is 278 g/mol. The molecule has 1 aromatic rings. The van der Waals surface area contributed by atoms with Gasteiger partial charge < -0.3 is 14.7 Å². The van der Waals surface area contributed by atoms with Gasteiger partial charge in [-0.15, -0.1) is 0 Å². The first-order chi connectivity index (χ1) is 9.79. The molecule has 2 N–H and O–H groups in total. The molecule has 1 saturated heterocycles. The van der Waals surface area contributed by atoms with Crippen LogP contribution in [0.25, 0.3) is 0 Å². The van der Waals surface area contributed by atoms with Crippen molar-refractivity contribution in [3.8, 4) is 11.5 Å². The van der Waals surface area contributed by atoms with Gasteiger partial charge in [0.1, 0.15) is 0 Å². The predicted molar refractivity (Wildman–Crippen MR) is 75.1 cm³/mol. The minimum absolute atomic E-state index is 0.0338. The van der Waals surface area contributed by atoms with E-state index >= 15 is 0 Å². The van der Waals surface area contributed by atoms with E-state index in [0.29, 0.717) is 6.79 Å². The van der Waals surface area contributed by atoms with Gasteiger partial charge in [0.25, 0.3) is 0 Å². The van der Waals surface area contributed by atoms with E-state index in [2.05, 4.69) is 16.4 Å². The third-order valence-corrected chi connectivity index (χ3v) is 4.20. The number of nitrogens with zero attached hydrogens (tertiary/aromatic N) is 1. The van der Waals surface area contributed by atoms with Crippen molar-refractivity contribution in [2.24, 2.45) is 0 Å². The largest absolute Gasteiger partial charge is 0.454 e. The first-order valence-electron chi connectivity index (χ1n) is 7.33. The van der Waals surface area contributed by atoms with Crippen molar-refractivity contribution in [3.63, 3.8) is 0 Å². The quantitative estimate of drug-likeness (QED) is 0.828. The van der Waals surface area contributed by atoms with E-state index in [1.54, 1.807) is 0 Å². The molecule has 5 heteroatoms. The van der Waals surface area contributed by atoms with Crippen LogP contribution in [-0.2, 0) is 0 Å². The monoisotopic (exact) mass is 278 g/mol. The van der Waals surface area contributed by atoms with Crippen LogP contribution in [0.1, 0.15) is 37.8 Å². The highest BCUT2D eigenvalue weighted by Gasteiger charge is 2.28. The summed E-state index contributed by atoms with van der Waals surface area (Å²) in [5.74, 6) is 1.60. The maximum Gasteiger partial charge on any atom is 0.231 e. The van der Waals surface area contributed by atoms with Crippen LogP contribution in [0.2, 0.25) is 0 Å². The number of piperidine rings is 1. The molecule has 2 aliphatic rings. The highest BCUT2D eigenvalue weighted by molar-refractivity contribution is 5.45. The Kier molecular flexibility index (Phi) is 4.10. The minimum atomic E-state index is -0.0338. The zero-order valence-electron chi connectivity index (χ0n) is 11.8. The van der Waals surface area contributed by atoms with Crippen molar-refractivity contribution in [3.05, 3.63) is 23.8 Å². The fourth-order valence-corrected chi connectivity index (χ4v) is 3.18. The molecule has 3 rings (SSSR count). The van der Waals surface area contributed by atoms with E-state index in [0.717, 1.165) is 30.2 Å². The van der Waals surface area contributed by atoms with Crippen molar-refractivity contribution in [1.82, 2.24) is 10.4 Å². The van der Waals surface area contributed by atoms with Gasteiger partial charge in [0, 0.05) is 6.04 Å². The Morgan fingerprint density at radius 2 is 1.90 bits per heavy atom. The Balaban J connectivity index is 1.88. The van der Waals surface area contributed by atoms with Crippen molar-refractivity contribution >= 4 is 0 Å². The summed E-state index contributed by atoms with van der Waals surface area (Å²) in [5.41, 5.74) is 3.57. The van der Waals surface area contributed by atoms with Crippen LogP contribution >= 0.6 is 0 Å². The van der Waals surface area contributed by atoms with E-state index in [4.69, 9.17) is 9.47 Å². The molecule has 20 heavy (non-hydrogen) atoms. The van der Waals surface area contributed by atoms with E-state index in [-0.39, 0.29) is 12.1 Å². The summed E-state index contributed by atoms with van der Waals surface area (Å²) in [6, 6.07) is 6.18. The van der Waals surface area contributed by atoms with Gasteiger partial charge in [-0.3, -0.25) is 4.90 Å². The Bertz CT molecular complexity index is 460. The lowest BCUT2D eigenvalue weighted by molar-refractivity contribution is 0.0588. The van der Waals surface area contributed by atoms with Crippen LogP contribution < -0.4 is 15.0 Å². The Hall–Kier alpha value is -1.30. The van der Waals surface area contributed by atoms with Crippen molar-refractivity contribution < 1.29 is 14.7 Å². The third kappa shape index (κ3) is 2.61. The van der Waals surface area contributed by atoms with Crippen LogP contribution in [0.5, 0.6) is 11.5 Å². The molecule has 0 spiro atoms. The molecule has 2 aliphatic heterocycles. The lowest BCUT2D eigenvalue weighted by Crippen LogP contribution is -2.43. The van der Waals surface area contributed by atoms with Gasteiger partial charge in [0.2, 0.25) is 6.79 Å². The maximum absolute atomic E-state index is 9.36. The third-order valence-electron chi connectivity index (χ3n) is 4.20. The number of likely N-dealkylation sites (tertiary alicyclic amines) is 1. The highest BCUT2D eigenvalue weighted by atomic mass is 16.7. The summed E-state index contributed by atoms with van der Waals surface area (Å²) in [6.45, 7) is 4.45. The molecule has 0 radical (unpaired) electrons. The Morgan fingerprint density at radius 3 is 2.65 bits per heavy atom. The number of benzene rings is 1. The number of ether oxygens (including phenoxy) is 2. The number of fused-ring (bicyclic) bond motifs is 1. The lowest BCUT2D eigenvalue weighted by atomic mass is 9.96. The summed E-state index contributed by atoms with van der Waals surface area (Å²) in [7, 11) is 0. The zero-order valence-corrected chi connectivity index (χ0v) is 11.8. The average Bonchev–Trinajstić information content (AvgIpc) is 2.96. The summed E-state index contributed by atoms with van der Waals surface area (Å²) in [5, 5.41) is 9.36. The van der Waals surface area contributed by atoms with Crippen LogP contribution in [-0.4, -0.2) is 36.0 Å².